The van der Waals surface area contributed by atoms with Gasteiger partial charge in [-0.3, -0.25) is 4.90 Å². The molecule has 2 aliphatic carbocycles. The molecule has 0 unspecified atom stereocenters. The third-order valence-electron chi connectivity index (χ3n) is 5.06. The molecule has 1 saturated heterocycles. The van der Waals surface area contributed by atoms with Crippen LogP contribution in [0.15, 0.2) is 0 Å². The van der Waals surface area contributed by atoms with Crippen LogP contribution in [-0.2, 0) is 0 Å². The molecule has 0 atom stereocenters. The van der Waals surface area contributed by atoms with E-state index in [1.165, 1.54) is 12.8 Å². The highest BCUT2D eigenvalue weighted by molar-refractivity contribution is 5.06. The molecule has 3 aliphatic rings. The molecule has 0 aromatic heterocycles. The van der Waals surface area contributed by atoms with Crippen LogP contribution < -0.4 is 0 Å². The Morgan fingerprint density at radius 1 is 1.06 bits per heavy atom. The molecular weight excluding hydrogens is 214 g/mol. The minimum absolute atomic E-state index is 0.404. The van der Waals surface area contributed by atoms with Gasteiger partial charge in [0.2, 0.25) is 0 Å². The van der Waals surface area contributed by atoms with Crippen molar-refractivity contribution in [1.82, 2.24) is 4.90 Å². The number of rotatable bonds is 3. The predicted molar refractivity (Wildman–Crippen MR) is 66.7 cm³/mol. The van der Waals surface area contributed by atoms with Gasteiger partial charge in [0.25, 0.3) is 0 Å². The van der Waals surface area contributed by atoms with Crippen molar-refractivity contribution in [2.24, 2.45) is 11.8 Å². The van der Waals surface area contributed by atoms with Crippen LogP contribution in [0.2, 0.25) is 0 Å². The monoisotopic (exact) mass is 239 g/mol. The molecular formula is C14H25NO2. The summed E-state index contributed by atoms with van der Waals surface area (Å²) in [5.41, 5.74) is -0.879. The Kier molecular flexibility index (Phi) is 2.77. The molecule has 2 saturated carbocycles. The fraction of sp³-hybridized carbons (Fsp3) is 1.00. The maximum absolute atomic E-state index is 10.5. The largest absolute Gasteiger partial charge is 0.389 e. The summed E-state index contributed by atoms with van der Waals surface area (Å²) in [6.07, 6.45) is 6.58. The lowest BCUT2D eigenvalue weighted by molar-refractivity contribution is -0.142. The highest BCUT2D eigenvalue weighted by atomic mass is 16.3. The van der Waals surface area contributed by atoms with Gasteiger partial charge in [0, 0.05) is 19.6 Å². The van der Waals surface area contributed by atoms with Crippen LogP contribution in [-0.4, -0.2) is 45.9 Å². The van der Waals surface area contributed by atoms with Crippen molar-refractivity contribution in [3.63, 3.8) is 0 Å². The number of β-amino-alcohol motifs (C(OH)–C–C–N with tert-alkyl or cyclic N) is 2. The lowest BCUT2D eigenvalue weighted by Crippen LogP contribution is -2.66. The fourth-order valence-corrected chi connectivity index (χ4v) is 3.59. The van der Waals surface area contributed by atoms with Gasteiger partial charge in [-0.05, 0) is 50.4 Å². The third-order valence-corrected chi connectivity index (χ3v) is 5.06. The van der Waals surface area contributed by atoms with E-state index in [1.807, 2.05) is 0 Å². The van der Waals surface area contributed by atoms with Crippen LogP contribution in [0.3, 0.4) is 0 Å². The molecule has 0 bridgehead atoms. The lowest BCUT2D eigenvalue weighted by atomic mass is 9.78. The van der Waals surface area contributed by atoms with E-state index >= 15 is 0 Å². The van der Waals surface area contributed by atoms with E-state index in [0.29, 0.717) is 5.92 Å². The molecule has 3 fully saturated rings. The number of likely N-dealkylation sites (tertiary alicyclic amines) is 1. The molecule has 17 heavy (non-hydrogen) atoms. The quantitative estimate of drug-likeness (QED) is 0.782. The summed E-state index contributed by atoms with van der Waals surface area (Å²) in [4.78, 5) is 2.24. The smallest absolute Gasteiger partial charge is 0.0928 e. The first-order valence-electron chi connectivity index (χ1n) is 7.16. The van der Waals surface area contributed by atoms with Gasteiger partial charge in [-0.2, -0.15) is 0 Å². The molecule has 1 heterocycles. The summed E-state index contributed by atoms with van der Waals surface area (Å²) in [7, 11) is 0. The Morgan fingerprint density at radius 2 is 1.65 bits per heavy atom. The summed E-state index contributed by atoms with van der Waals surface area (Å²) >= 11 is 0. The average Bonchev–Trinajstić information content (AvgIpc) is 3.04. The Labute approximate surface area is 104 Å². The lowest BCUT2D eigenvalue weighted by Gasteiger charge is -2.50. The maximum Gasteiger partial charge on any atom is 0.0928 e. The van der Waals surface area contributed by atoms with Gasteiger partial charge in [0.05, 0.1) is 11.2 Å². The highest BCUT2D eigenvalue weighted by Gasteiger charge is 2.53. The molecule has 0 amide bonds. The third kappa shape index (κ3) is 2.38. The van der Waals surface area contributed by atoms with Crippen LogP contribution in [0.1, 0.15) is 45.4 Å². The van der Waals surface area contributed by atoms with Crippen molar-refractivity contribution in [2.45, 2.75) is 56.7 Å². The highest BCUT2D eigenvalue weighted by Crippen LogP contribution is 2.45. The van der Waals surface area contributed by atoms with Crippen molar-refractivity contribution in [1.29, 1.82) is 0 Å². The molecule has 3 nitrogen and oxygen atoms in total. The summed E-state index contributed by atoms with van der Waals surface area (Å²) in [5, 5.41) is 20.8. The van der Waals surface area contributed by atoms with Crippen LogP contribution in [0.5, 0.6) is 0 Å². The van der Waals surface area contributed by atoms with E-state index in [9.17, 15) is 10.2 Å². The minimum Gasteiger partial charge on any atom is -0.389 e. The van der Waals surface area contributed by atoms with Crippen LogP contribution in [0, 0.1) is 11.8 Å². The maximum atomic E-state index is 10.5. The summed E-state index contributed by atoms with van der Waals surface area (Å²) in [5.74, 6) is 1.33. The van der Waals surface area contributed by atoms with Crippen LogP contribution in [0.4, 0.5) is 0 Å². The topological polar surface area (TPSA) is 43.7 Å². The van der Waals surface area contributed by atoms with Gasteiger partial charge in [-0.15, -0.1) is 0 Å². The van der Waals surface area contributed by atoms with E-state index in [2.05, 4.69) is 11.8 Å². The first kappa shape index (κ1) is 11.9. The standard InChI is InChI=1S/C14H25NO2/c1-11-4-6-13(16,7-5-11)8-15-9-14(17,10-15)12-2-3-12/h11-12,16-17H,2-10H2,1H3. The Bertz CT molecular complexity index is 287. The first-order valence-corrected chi connectivity index (χ1v) is 7.16. The Balaban J connectivity index is 1.48. The van der Waals surface area contributed by atoms with E-state index in [1.54, 1.807) is 0 Å². The molecule has 3 rings (SSSR count). The molecule has 3 heteroatoms. The second-order valence-electron chi connectivity index (χ2n) is 6.93. The van der Waals surface area contributed by atoms with Crippen molar-refractivity contribution in [3.05, 3.63) is 0 Å². The van der Waals surface area contributed by atoms with Gasteiger partial charge in [0.15, 0.2) is 0 Å². The zero-order valence-corrected chi connectivity index (χ0v) is 10.9. The number of hydrogen-bond acceptors (Lipinski definition) is 3. The van der Waals surface area contributed by atoms with E-state index in [4.69, 9.17) is 0 Å². The second-order valence-corrected chi connectivity index (χ2v) is 6.93. The molecule has 0 spiro atoms. The second kappa shape index (κ2) is 3.94. The molecule has 0 radical (unpaired) electrons. The SMILES string of the molecule is CC1CCC(O)(CN2CC(O)(C3CC3)C2)CC1. The molecule has 2 N–H and O–H groups in total. The van der Waals surface area contributed by atoms with Gasteiger partial charge >= 0.3 is 0 Å². The van der Waals surface area contributed by atoms with Crippen molar-refractivity contribution < 1.29 is 10.2 Å². The zero-order valence-electron chi connectivity index (χ0n) is 10.9. The normalized spacial score (nSPS) is 42.2. The first-order chi connectivity index (χ1) is 7.99. The van der Waals surface area contributed by atoms with E-state index in [0.717, 1.165) is 51.2 Å². The summed E-state index contributed by atoms with van der Waals surface area (Å²) in [6.45, 7) is 4.62. The van der Waals surface area contributed by atoms with Crippen molar-refractivity contribution in [3.8, 4) is 0 Å². The molecule has 0 aromatic carbocycles. The molecule has 1 aliphatic heterocycles. The van der Waals surface area contributed by atoms with Gasteiger partial charge in [0.1, 0.15) is 0 Å². The average molecular weight is 239 g/mol. The van der Waals surface area contributed by atoms with Crippen molar-refractivity contribution >= 4 is 0 Å². The van der Waals surface area contributed by atoms with E-state index in [-0.39, 0.29) is 0 Å². The Hall–Kier alpha value is -0.120. The Morgan fingerprint density at radius 3 is 2.18 bits per heavy atom. The van der Waals surface area contributed by atoms with Crippen molar-refractivity contribution in [2.75, 3.05) is 19.6 Å². The van der Waals surface area contributed by atoms with E-state index < -0.39 is 11.2 Å². The predicted octanol–water partition coefficient (Wildman–Crippen LogP) is 1.38. The molecule has 98 valence electrons. The van der Waals surface area contributed by atoms with Crippen LogP contribution in [0.25, 0.3) is 0 Å². The summed E-state index contributed by atoms with van der Waals surface area (Å²) in [6, 6.07) is 0. The number of hydrogen-bond donors (Lipinski definition) is 2. The van der Waals surface area contributed by atoms with Crippen LogP contribution >= 0.6 is 0 Å². The zero-order chi connectivity index (χ0) is 12.1. The molecule has 0 aromatic rings. The van der Waals surface area contributed by atoms with Gasteiger partial charge in [-0.1, -0.05) is 6.92 Å². The number of aliphatic hydroxyl groups is 2. The fourth-order valence-electron chi connectivity index (χ4n) is 3.59. The minimum atomic E-state index is -0.475. The number of nitrogens with zero attached hydrogens (tertiary/aromatic N) is 1. The summed E-state index contributed by atoms with van der Waals surface area (Å²) < 4.78 is 0. The van der Waals surface area contributed by atoms with Gasteiger partial charge < -0.3 is 10.2 Å². The van der Waals surface area contributed by atoms with Gasteiger partial charge in [-0.25, -0.2) is 0 Å².